The van der Waals surface area contributed by atoms with Gasteiger partial charge in [0.05, 0.1) is 7.11 Å². The second-order valence-corrected chi connectivity index (χ2v) is 4.34. The van der Waals surface area contributed by atoms with Gasteiger partial charge in [-0.15, -0.1) is 0 Å². The van der Waals surface area contributed by atoms with Crippen LogP contribution in [0.25, 0.3) is 0 Å². The topological polar surface area (TPSA) is 73.6 Å². The Balaban J connectivity index is 2.78. The number of benzene rings is 1. The van der Waals surface area contributed by atoms with E-state index in [2.05, 4.69) is 10.1 Å². The number of nitrogens with one attached hydrogen (secondary N) is 1. The molecule has 1 aromatic carbocycles. The van der Waals surface area contributed by atoms with Crippen molar-refractivity contribution in [1.29, 1.82) is 0 Å². The second-order valence-electron chi connectivity index (χ2n) is 4.34. The van der Waals surface area contributed by atoms with E-state index in [4.69, 9.17) is 10.5 Å². The molecule has 0 aromatic heterocycles. The first kappa shape index (κ1) is 16.2. The number of hydrogen-bond acceptors (Lipinski definition) is 4. The number of rotatable bonds is 7. The van der Waals surface area contributed by atoms with Gasteiger partial charge in [-0.1, -0.05) is 6.92 Å². The molecule has 0 bridgehead atoms. The first-order valence-corrected chi connectivity index (χ1v) is 6.09. The van der Waals surface area contributed by atoms with Crippen molar-refractivity contribution in [2.24, 2.45) is 11.7 Å². The van der Waals surface area contributed by atoms with Gasteiger partial charge in [-0.2, -0.15) is 8.78 Å². The van der Waals surface area contributed by atoms with Gasteiger partial charge < -0.3 is 20.5 Å². The van der Waals surface area contributed by atoms with E-state index in [-0.39, 0.29) is 29.7 Å². The number of amides is 1. The molecule has 0 spiro atoms. The van der Waals surface area contributed by atoms with E-state index in [0.717, 1.165) is 0 Å². The third-order valence-corrected chi connectivity index (χ3v) is 2.60. The Kier molecular flexibility index (Phi) is 6.17. The Hall–Kier alpha value is -1.89. The molecular weight excluding hydrogens is 270 g/mol. The predicted octanol–water partition coefficient (Wildman–Crippen LogP) is 2.22. The molecule has 1 unspecified atom stereocenters. The van der Waals surface area contributed by atoms with E-state index in [9.17, 15) is 13.6 Å². The summed E-state index contributed by atoms with van der Waals surface area (Å²) in [6, 6.07) is 4.28. The largest absolute Gasteiger partial charge is 0.493 e. The van der Waals surface area contributed by atoms with Crippen LogP contribution in [0, 0.1) is 5.92 Å². The van der Waals surface area contributed by atoms with Crippen molar-refractivity contribution in [3.63, 3.8) is 0 Å². The van der Waals surface area contributed by atoms with Gasteiger partial charge in [-0.3, -0.25) is 4.79 Å². The lowest BCUT2D eigenvalue weighted by Crippen LogP contribution is -2.20. The summed E-state index contributed by atoms with van der Waals surface area (Å²) < 4.78 is 33.8. The smallest absolute Gasteiger partial charge is 0.387 e. The highest BCUT2D eigenvalue weighted by Crippen LogP contribution is 2.31. The highest BCUT2D eigenvalue weighted by Gasteiger charge is 2.13. The van der Waals surface area contributed by atoms with Crippen molar-refractivity contribution >= 4 is 11.6 Å². The van der Waals surface area contributed by atoms with Crippen LogP contribution in [0.5, 0.6) is 11.5 Å². The molecule has 1 aromatic rings. The molecule has 0 heterocycles. The van der Waals surface area contributed by atoms with Gasteiger partial charge in [-0.05, 0) is 24.6 Å². The van der Waals surface area contributed by atoms with Crippen LogP contribution in [0.2, 0.25) is 0 Å². The summed E-state index contributed by atoms with van der Waals surface area (Å²) in [5.41, 5.74) is 5.79. The zero-order valence-corrected chi connectivity index (χ0v) is 11.4. The fourth-order valence-electron chi connectivity index (χ4n) is 1.55. The average molecular weight is 288 g/mol. The molecule has 0 aliphatic carbocycles. The van der Waals surface area contributed by atoms with Gasteiger partial charge in [0, 0.05) is 18.2 Å². The maximum Gasteiger partial charge on any atom is 0.387 e. The predicted molar refractivity (Wildman–Crippen MR) is 71.1 cm³/mol. The Bertz CT molecular complexity index is 455. The first-order valence-electron chi connectivity index (χ1n) is 6.09. The minimum absolute atomic E-state index is 0.0463. The van der Waals surface area contributed by atoms with Crippen LogP contribution in [0.3, 0.4) is 0 Å². The number of carbonyl (C=O) groups excluding carboxylic acids is 1. The van der Waals surface area contributed by atoms with Crippen LogP contribution >= 0.6 is 0 Å². The van der Waals surface area contributed by atoms with E-state index < -0.39 is 6.61 Å². The zero-order valence-electron chi connectivity index (χ0n) is 11.4. The van der Waals surface area contributed by atoms with E-state index in [0.29, 0.717) is 12.2 Å². The summed E-state index contributed by atoms with van der Waals surface area (Å²) in [4.78, 5) is 11.7. The summed E-state index contributed by atoms with van der Waals surface area (Å²) in [6.45, 7) is -0.721. The monoisotopic (exact) mass is 288 g/mol. The number of halogens is 2. The first-order chi connectivity index (χ1) is 9.46. The van der Waals surface area contributed by atoms with Crippen LogP contribution in [0.4, 0.5) is 14.5 Å². The molecular formula is C13H18F2N2O3. The molecule has 7 heteroatoms. The highest BCUT2D eigenvalue weighted by molar-refractivity contribution is 5.91. The molecule has 0 aliphatic heterocycles. The van der Waals surface area contributed by atoms with Crippen LogP contribution in [0.1, 0.15) is 13.3 Å². The number of ether oxygens (including phenoxy) is 2. The summed E-state index contributed by atoms with van der Waals surface area (Å²) in [7, 11) is 1.34. The van der Waals surface area contributed by atoms with Gasteiger partial charge in [0.2, 0.25) is 5.91 Å². The van der Waals surface area contributed by atoms with Crippen LogP contribution in [-0.4, -0.2) is 26.2 Å². The number of anilines is 1. The molecule has 20 heavy (non-hydrogen) atoms. The van der Waals surface area contributed by atoms with E-state index in [1.807, 2.05) is 6.92 Å². The SMILES string of the molecule is COc1ccc(NC(=O)CC(C)CN)cc1OC(F)F. The van der Waals surface area contributed by atoms with Crippen LogP contribution in [-0.2, 0) is 4.79 Å². The number of nitrogens with two attached hydrogens (primary N) is 1. The summed E-state index contributed by atoms with van der Waals surface area (Å²) >= 11 is 0. The second kappa shape index (κ2) is 7.64. The van der Waals surface area contributed by atoms with Crippen molar-refractivity contribution in [2.45, 2.75) is 20.0 Å². The van der Waals surface area contributed by atoms with E-state index in [1.54, 1.807) is 6.07 Å². The number of carbonyl (C=O) groups is 1. The molecule has 1 amide bonds. The third kappa shape index (κ3) is 5.00. The van der Waals surface area contributed by atoms with Gasteiger partial charge >= 0.3 is 6.61 Å². The van der Waals surface area contributed by atoms with Gasteiger partial charge in [0.1, 0.15) is 0 Å². The van der Waals surface area contributed by atoms with Crippen LogP contribution in [0.15, 0.2) is 18.2 Å². The average Bonchev–Trinajstić information content (AvgIpc) is 2.38. The molecule has 112 valence electrons. The maximum atomic E-state index is 12.3. The van der Waals surface area contributed by atoms with Gasteiger partial charge in [0.15, 0.2) is 11.5 Å². The Labute approximate surface area is 116 Å². The van der Waals surface area contributed by atoms with Crippen molar-refractivity contribution in [2.75, 3.05) is 19.0 Å². The molecule has 5 nitrogen and oxygen atoms in total. The van der Waals surface area contributed by atoms with Crippen LogP contribution < -0.4 is 20.5 Å². The number of hydrogen-bond donors (Lipinski definition) is 2. The molecule has 1 rings (SSSR count). The van der Waals surface area contributed by atoms with Gasteiger partial charge in [0.25, 0.3) is 0 Å². The third-order valence-electron chi connectivity index (χ3n) is 2.60. The fraction of sp³-hybridized carbons (Fsp3) is 0.462. The van der Waals surface area contributed by atoms with Crippen molar-refractivity contribution in [1.82, 2.24) is 0 Å². The number of alkyl halides is 2. The quantitative estimate of drug-likeness (QED) is 0.807. The molecule has 0 radical (unpaired) electrons. The Morgan fingerprint density at radius 1 is 1.40 bits per heavy atom. The molecule has 0 saturated carbocycles. The van der Waals surface area contributed by atoms with Crippen molar-refractivity contribution < 1.29 is 23.0 Å². The summed E-state index contributed by atoms with van der Waals surface area (Å²) in [5.74, 6) is -0.160. The fourth-order valence-corrected chi connectivity index (χ4v) is 1.55. The molecule has 3 N–H and O–H groups in total. The standard InChI is InChI=1S/C13H18F2N2O3/c1-8(7-16)5-12(18)17-9-3-4-10(19-2)11(6-9)20-13(14)15/h3-4,6,8,13H,5,7,16H2,1-2H3,(H,17,18). The minimum atomic E-state index is -2.97. The minimum Gasteiger partial charge on any atom is -0.493 e. The molecule has 1 atom stereocenters. The van der Waals surface area contributed by atoms with Crippen molar-refractivity contribution in [3.8, 4) is 11.5 Å². The van der Waals surface area contributed by atoms with E-state index >= 15 is 0 Å². The lowest BCUT2D eigenvalue weighted by atomic mass is 10.1. The summed E-state index contributed by atoms with van der Waals surface area (Å²) in [5, 5.41) is 2.60. The molecule has 0 fully saturated rings. The lowest BCUT2D eigenvalue weighted by molar-refractivity contribution is -0.116. The maximum absolute atomic E-state index is 12.3. The Morgan fingerprint density at radius 3 is 2.65 bits per heavy atom. The zero-order chi connectivity index (χ0) is 15.1. The normalized spacial score (nSPS) is 12.1. The van der Waals surface area contributed by atoms with Crippen molar-refractivity contribution in [3.05, 3.63) is 18.2 Å². The highest BCUT2D eigenvalue weighted by atomic mass is 19.3. The molecule has 0 aliphatic rings. The van der Waals surface area contributed by atoms with Gasteiger partial charge in [-0.25, -0.2) is 0 Å². The Morgan fingerprint density at radius 2 is 2.10 bits per heavy atom. The summed E-state index contributed by atoms with van der Waals surface area (Å²) in [6.07, 6.45) is 0.258. The van der Waals surface area contributed by atoms with E-state index in [1.165, 1.54) is 19.2 Å². The number of methoxy groups -OCH3 is 1. The lowest BCUT2D eigenvalue weighted by Gasteiger charge is -2.13. The molecule has 0 saturated heterocycles.